The lowest BCUT2D eigenvalue weighted by atomic mass is 9.95. The van der Waals surface area contributed by atoms with Crippen LogP contribution >= 0.6 is 11.3 Å². The average Bonchev–Trinajstić information content (AvgIpc) is 3.52. The molecule has 3 N–H and O–H groups in total. The molecule has 0 bridgehead atoms. The van der Waals surface area contributed by atoms with Gasteiger partial charge in [-0.25, -0.2) is 32.4 Å². The van der Waals surface area contributed by atoms with Gasteiger partial charge in [0, 0.05) is 34.4 Å². The summed E-state index contributed by atoms with van der Waals surface area (Å²) < 4.78 is 40.4. The van der Waals surface area contributed by atoms with Gasteiger partial charge in [0.05, 0.1) is 16.3 Å². The van der Waals surface area contributed by atoms with Gasteiger partial charge in [-0.3, -0.25) is 0 Å². The molecule has 208 valence electrons. The predicted molar refractivity (Wildman–Crippen MR) is 154 cm³/mol. The minimum absolute atomic E-state index is 0.0184. The maximum absolute atomic E-state index is 15.1. The maximum Gasteiger partial charge on any atom is 0.355 e. The Bertz CT molecular complexity index is 1890. The van der Waals surface area contributed by atoms with E-state index in [0.717, 1.165) is 40.8 Å². The number of carboxylic acids is 1. The molecule has 8 nitrogen and oxygen atoms in total. The number of nitrogens with zero attached hydrogens (tertiary/aromatic N) is 3. The summed E-state index contributed by atoms with van der Waals surface area (Å²) in [6, 6.07) is 18.9. The first-order valence-corrected chi connectivity index (χ1v) is 15.3. The molecule has 1 aliphatic carbocycles. The molecule has 1 aliphatic rings. The smallest absolute Gasteiger partial charge is 0.355 e. The van der Waals surface area contributed by atoms with E-state index in [4.69, 9.17) is 10.2 Å². The summed E-state index contributed by atoms with van der Waals surface area (Å²) in [6.45, 7) is 1.97. The molecule has 1 saturated carbocycles. The maximum atomic E-state index is 15.1. The molecule has 3 aromatic carbocycles. The Balaban J connectivity index is 1.53. The lowest BCUT2D eigenvalue weighted by Gasteiger charge is -2.10. The van der Waals surface area contributed by atoms with Gasteiger partial charge in [-0.05, 0) is 61.2 Å². The van der Waals surface area contributed by atoms with Gasteiger partial charge < -0.3 is 5.11 Å². The number of carboxylic acid groups (broad SMARTS) is 1. The number of nitrogens with two attached hydrogens (primary N) is 1. The van der Waals surface area contributed by atoms with Crippen molar-refractivity contribution < 1.29 is 22.7 Å². The van der Waals surface area contributed by atoms with Gasteiger partial charge in [-0.1, -0.05) is 42.0 Å². The molecular formula is C30H25FN4O4S2. The summed E-state index contributed by atoms with van der Waals surface area (Å²) in [5.74, 6) is -1.28. The quantitative estimate of drug-likeness (QED) is 0.231. The number of primary sulfonamides is 1. The van der Waals surface area contributed by atoms with Gasteiger partial charge in [0.25, 0.3) is 0 Å². The van der Waals surface area contributed by atoms with Crippen LogP contribution in [0.1, 0.15) is 51.6 Å². The van der Waals surface area contributed by atoms with E-state index in [-0.39, 0.29) is 22.3 Å². The van der Waals surface area contributed by atoms with Crippen molar-refractivity contribution in [1.82, 2.24) is 14.8 Å². The van der Waals surface area contributed by atoms with E-state index in [2.05, 4.69) is 4.98 Å². The number of benzene rings is 3. The Morgan fingerprint density at radius 1 is 1.07 bits per heavy atom. The minimum Gasteiger partial charge on any atom is -0.476 e. The van der Waals surface area contributed by atoms with Crippen LogP contribution in [0.15, 0.2) is 77.0 Å². The molecule has 41 heavy (non-hydrogen) atoms. The zero-order valence-corrected chi connectivity index (χ0v) is 23.5. The van der Waals surface area contributed by atoms with Gasteiger partial charge in [-0.2, -0.15) is 5.10 Å². The predicted octanol–water partition coefficient (Wildman–Crippen LogP) is 5.92. The Labute approximate surface area is 240 Å². The summed E-state index contributed by atoms with van der Waals surface area (Å²) in [5.41, 5.74) is 6.17. The fourth-order valence-electron chi connectivity index (χ4n) is 4.88. The average molecular weight is 589 g/mol. The zero-order chi connectivity index (χ0) is 28.9. The van der Waals surface area contributed by atoms with Crippen LogP contribution in [0.2, 0.25) is 0 Å². The number of aromatic carboxylic acids is 1. The number of sulfonamides is 1. The monoisotopic (exact) mass is 588 g/mol. The van der Waals surface area contributed by atoms with Crippen molar-refractivity contribution in [2.75, 3.05) is 0 Å². The Hall–Kier alpha value is -4.19. The number of carbonyl (C=O) groups is 1. The van der Waals surface area contributed by atoms with Gasteiger partial charge in [0.2, 0.25) is 15.2 Å². The second-order valence-electron chi connectivity index (χ2n) is 10.1. The van der Waals surface area contributed by atoms with Crippen molar-refractivity contribution >= 4 is 27.3 Å². The molecule has 0 saturated heterocycles. The van der Waals surface area contributed by atoms with E-state index in [1.54, 1.807) is 28.9 Å². The van der Waals surface area contributed by atoms with Crippen LogP contribution in [0, 0.1) is 12.7 Å². The third kappa shape index (κ3) is 5.43. The molecule has 1 fully saturated rings. The summed E-state index contributed by atoms with van der Waals surface area (Å²) in [4.78, 5) is 15.9. The van der Waals surface area contributed by atoms with Gasteiger partial charge in [-0.15, -0.1) is 11.3 Å². The van der Waals surface area contributed by atoms with Crippen LogP contribution in [0.3, 0.4) is 0 Å². The first kappa shape index (κ1) is 27.0. The van der Waals surface area contributed by atoms with Crippen LogP contribution in [0.5, 0.6) is 0 Å². The second kappa shape index (κ2) is 10.3. The number of thiazole rings is 1. The molecule has 0 spiro atoms. The highest BCUT2D eigenvalue weighted by Gasteiger charge is 2.34. The van der Waals surface area contributed by atoms with E-state index in [0.29, 0.717) is 28.4 Å². The van der Waals surface area contributed by atoms with Crippen molar-refractivity contribution in [1.29, 1.82) is 0 Å². The van der Waals surface area contributed by atoms with Crippen LogP contribution in [0.4, 0.5) is 4.39 Å². The summed E-state index contributed by atoms with van der Waals surface area (Å²) >= 11 is 1.19. The molecule has 0 radical (unpaired) electrons. The molecule has 5 aromatic rings. The van der Waals surface area contributed by atoms with Gasteiger partial charge in [0.1, 0.15) is 5.82 Å². The molecule has 0 amide bonds. The fraction of sp³-hybridized carbons (Fsp3) is 0.167. The largest absolute Gasteiger partial charge is 0.476 e. The van der Waals surface area contributed by atoms with Crippen molar-refractivity contribution in [3.63, 3.8) is 0 Å². The number of aryl methyl sites for hydroxylation is 1. The lowest BCUT2D eigenvalue weighted by Crippen LogP contribution is -2.11. The molecule has 11 heteroatoms. The highest BCUT2D eigenvalue weighted by Crippen LogP contribution is 2.46. The number of halogens is 1. The topological polar surface area (TPSA) is 128 Å². The summed E-state index contributed by atoms with van der Waals surface area (Å²) in [7, 11) is -3.84. The zero-order valence-electron chi connectivity index (χ0n) is 21.9. The van der Waals surface area contributed by atoms with Crippen molar-refractivity contribution in [3.8, 4) is 27.5 Å². The summed E-state index contributed by atoms with van der Waals surface area (Å²) in [5, 5.41) is 21.6. The van der Waals surface area contributed by atoms with Crippen LogP contribution in [-0.2, 0) is 16.4 Å². The standard InChI is InChI=1S/C30H25FN4O4S2/c1-17-2-6-19(7-3-17)23-15-21(10-13-25(23)31)27-24(14-18-4-11-22(12-5-18)41(32,38)39)28(20-8-9-20)35(34-27)30-33-26(16-40-30)29(36)37/h2-7,10-13,15-16,20H,8-9,14H2,1H3,(H,36,37)(H2,32,38,39). The summed E-state index contributed by atoms with van der Waals surface area (Å²) in [6.07, 6.45) is 2.30. The molecule has 2 heterocycles. The van der Waals surface area contributed by atoms with Gasteiger partial charge >= 0.3 is 5.97 Å². The van der Waals surface area contributed by atoms with Gasteiger partial charge in [0.15, 0.2) is 5.69 Å². The molecule has 0 atom stereocenters. The van der Waals surface area contributed by atoms with Crippen molar-refractivity contribution in [2.24, 2.45) is 5.14 Å². The van der Waals surface area contributed by atoms with Crippen molar-refractivity contribution in [3.05, 3.63) is 106 Å². The molecule has 0 unspecified atom stereocenters. The normalized spacial score (nSPS) is 13.4. The minimum atomic E-state index is -3.84. The Kier molecular flexibility index (Phi) is 6.80. The van der Waals surface area contributed by atoms with E-state index < -0.39 is 16.0 Å². The Morgan fingerprint density at radius 2 is 1.76 bits per heavy atom. The Morgan fingerprint density at radius 3 is 2.37 bits per heavy atom. The molecule has 6 rings (SSSR count). The van der Waals surface area contributed by atoms with Crippen LogP contribution in [-0.4, -0.2) is 34.3 Å². The SMILES string of the molecule is Cc1ccc(-c2cc(-c3nn(-c4nc(C(=O)O)cs4)c(C4CC4)c3Cc3ccc(S(N)(=O)=O)cc3)ccc2F)cc1. The number of aromatic nitrogens is 3. The third-order valence-corrected chi connectivity index (χ3v) is 8.86. The molecule has 0 aliphatic heterocycles. The highest BCUT2D eigenvalue weighted by molar-refractivity contribution is 7.89. The number of hydrogen-bond donors (Lipinski definition) is 2. The van der Waals surface area contributed by atoms with Crippen molar-refractivity contribution in [2.45, 2.75) is 37.0 Å². The first-order chi connectivity index (χ1) is 19.6. The van der Waals surface area contributed by atoms with E-state index in [1.807, 2.05) is 31.2 Å². The first-order valence-electron chi connectivity index (χ1n) is 12.9. The van der Waals surface area contributed by atoms with E-state index in [1.165, 1.54) is 34.9 Å². The molecular weight excluding hydrogens is 563 g/mol. The number of rotatable bonds is 8. The molecule has 2 aromatic heterocycles. The van der Waals surface area contributed by atoms with Crippen LogP contribution in [0.25, 0.3) is 27.5 Å². The third-order valence-electron chi connectivity index (χ3n) is 7.11. The highest BCUT2D eigenvalue weighted by atomic mass is 32.2. The van der Waals surface area contributed by atoms with E-state index >= 15 is 4.39 Å². The fourth-order valence-corrected chi connectivity index (χ4v) is 6.16. The second-order valence-corrected chi connectivity index (χ2v) is 12.5. The van der Waals surface area contributed by atoms with Crippen LogP contribution < -0.4 is 5.14 Å². The van der Waals surface area contributed by atoms with E-state index in [9.17, 15) is 18.3 Å². The lowest BCUT2D eigenvalue weighted by molar-refractivity contribution is 0.0691. The number of hydrogen-bond acceptors (Lipinski definition) is 6.